The Hall–Kier alpha value is -1.21. The van der Waals surface area contributed by atoms with Crippen molar-refractivity contribution < 1.29 is 27.3 Å². The molecule has 1 N–H and O–H groups in total. The van der Waals surface area contributed by atoms with Crippen molar-refractivity contribution in [1.82, 2.24) is 0 Å². The summed E-state index contributed by atoms with van der Waals surface area (Å²) in [6.07, 6.45) is -5.26. The minimum atomic E-state index is -4.76. The first-order valence-corrected chi connectivity index (χ1v) is 6.46. The summed E-state index contributed by atoms with van der Waals surface area (Å²) in [5.41, 5.74) is 0.640. The number of carbonyl (C=O) groups is 1. The van der Waals surface area contributed by atoms with Crippen LogP contribution in [0.25, 0.3) is 0 Å². The zero-order valence-corrected chi connectivity index (χ0v) is 10.8. The standard InChI is InChI=1S/C12H13F3O3S/c13-12(14,15)11(16)6-3-9-1-4-10(5-2-9)18-7-8-19-17/h1-2,4-5,17H,3,6-8H2. The van der Waals surface area contributed by atoms with Gasteiger partial charge in [-0.3, -0.25) is 4.79 Å². The lowest BCUT2D eigenvalue weighted by Gasteiger charge is -2.07. The Balaban J connectivity index is 2.42. The number of Topliss-reactive ketones (excluding diaryl/α,β-unsaturated/α-hetero) is 1. The van der Waals surface area contributed by atoms with Crippen LogP contribution in [0.1, 0.15) is 12.0 Å². The van der Waals surface area contributed by atoms with Gasteiger partial charge < -0.3 is 9.29 Å². The quantitative estimate of drug-likeness (QED) is 0.619. The summed E-state index contributed by atoms with van der Waals surface area (Å²) in [5.74, 6) is -0.713. The molecular formula is C12H13F3O3S. The van der Waals surface area contributed by atoms with E-state index in [0.29, 0.717) is 35.7 Å². The van der Waals surface area contributed by atoms with Crippen molar-refractivity contribution in [2.75, 3.05) is 12.4 Å². The lowest BCUT2D eigenvalue weighted by Crippen LogP contribution is -2.22. The fourth-order valence-electron chi connectivity index (χ4n) is 1.35. The molecule has 0 aliphatic rings. The number of ether oxygens (including phenoxy) is 1. The summed E-state index contributed by atoms with van der Waals surface area (Å²) in [4.78, 5) is 10.7. The van der Waals surface area contributed by atoms with Gasteiger partial charge >= 0.3 is 6.18 Å². The van der Waals surface area contributed by atoms with E-state index >= 15 is 0 Å². The molecule has 19 heavy (non-hydrogen) atoms. The Morgan fingerprint density at radius 3 is 2.42 bits per heavy atom. The van der Waals surface area contributed by atoms with Crippen molar-refractivity contribution in [2.45, 2.75) is 19.0 Å². The smallest absolute Gasteiger partial charge is 0.449 e. The van der Waals surface area contributed by atoms with Crippen LogP contribution in [0.4, 0.5) is 13.2 Å². The summed E-state index contributed by atoms with van der Waals surface area (Å²) < 4.78 is 49.7. The zero-order chi connectivity index (χ0) is 14.3. The molecule has 0 aromatic heterocycles. The van der Waals surface area contributed by atoms with E-state index in [2.05, 4.69) is 0 Å². The Morgan fingerprint density at radius 1 is 1.26 bits per heavy atom. The van der Waals surface area contributed by atoms with Crippen LogP contribution in [0.2, 0.25) is 0 Å². The Bertz CT molecular complexity index is 404. The highest BCUT2D eigenvalue weighted by atomic mass is 32.2. The maximum atomic E-state index is 12.0. The maximum absolute atomic E-state index is 12.0. The molecule has 1 aromatic carbocycles. The number of benzene rings is 1. The molecule has 0 bridgehead atoms. The largest absolute Gasteiger partial charge is 0.493 e. The van der Waals surface area contributed by atoms with E-state index in [1.165, 1.54) is 0 Å². The molecule has 0 spiro atoms. The fraction of sp³-hybridized carbons (Fsp3) is 0.417. The molecule has 0 heterocycles. The van der Waals surface area contributed by atoms with Crippen LogP contribution >= 0.6 is 12.0 Å². The number of hydrogen-bond acceptors (Lipinski definition) is 4. The highest BCUT2D eigenvalue weighted by Crippen LogP contribution is 2.20. The van der Waals surface area contributed by atoms with Gasteiger partial charge in [-0.2, -0.15) is 13.2 Å². The topological polar surface area (TPSA) is 46.5 Å². The first-order chi connectivity index (χ1) is 8.93. The van der Waals surface area contributed by atoms with Crippen molar-refractivity contribution >= 4 is 17.8 Å². The van der Waals surface area contributed by atoms with Crippen LogP contribution in [-0.2, 0) is 11.2 Å². The minimum absolute atomic E-state index is 0.0467. The van der Waals surface area contributed by atoms with Crippen molar-refractivity contribution in [3.8, 4) is 5.75 Å². The highest BCUT2D eigenvalue weighted by molar-refractivity contribution is 7.93. The minimum Gasteiger partial charge on any atom is -0.493 e. The molecule has 0 fully saturated rings. The number of ketones is 1. The molecule has 0 radical (unpaired) electrons. The van der Waals surface area contributed by atoms with Gasteiger partial charge in [0.2, 0.25) is 5.78 Å². The molecule has 0 saturated heterocycles. The Kier molecular flexibility index (Phi) is 6.17. The predicted molar refractivity (Wildman–Crippen MR) is 66.4 cm³/mol. The number of rotatable bonds is 7. The van der Waals surface area contributed by atoms with Gasteiger partial charge in [-0.15, -0.1) is 0 Å². The molecule has 0 atom stereocenters. The van der Waals surface area contributed by atoms with Gasteiger partial charge in [-0.05, 0) is 36.2 Å². The van der Waals surface area contributed by atoms with E-state index < -0.39 is 18.4 Å². The average molecular weight is 294 g/mol. The van der Waals surface area contributed by atoms with Crippen molar-refractivity contribution in [2.24, 2.45) is 0 Å². The second-order valence-corrected chi connectivity index (χ2v) is 4.41. The first kappa shape index (κ1) is 15.8. The maximum Gasteiger partial charge on any atom is 0.449 e. The van der Waals surface area contributed by atoms with Gasteiger partial charge in [0.05, 0.1) is 12.4 Å². The Labute approximate surface area is 113 Å². The molecule has 0 amide bonds. The zero-order valence-electron chi connectivity index (χ0n) is 9.94. The van der Waals surface area contributed by atoms with Crippen LogP contribution in [-0.4, -0.2) is 28.9 Å². The fourth-order valence-corrected chi connectivity index (χ4v) is 1.51. The molecule has 7 heteroatoms. The normalized spacial score (nSPS) is 11.4. The van der Waals surface area contributed by atoms with Crippen LogP contribution in [0.5, 0.6) is 5.75 Å². The second kappa shape index (κ2) is 7.40. The molecule has 1 aromatic rings. The van der Waals surface area contributed by atoms with E-state index in [-0.39, 0.29) is 6.42 Å². The van der Waals surface area contributed by atoms with Gasteiger partial charge in [0.1, 0.15) is 5.75 Å². The summed E-state index contributed by atoms with van der Waals surface area (Å²) in [6, 6.07) is 6.47. The van der Waals surface area contributed by atoms with Gasteiger partial charge in [0.25, 0.3) is 0 Å². The first-order valence-electron chi connectivity index (χ1n) is 5.51. The van der Waals surface area contributed by atoms with Gasteiger partial charge in [0, 0.05) is 6.42 Å². The summed E-state index contributed by atoms with van der Waals surface area (Å²) in [5, 5.41) is 0. The van der Waals surface area contributed by atoms with Crippen LogP contribution in [0, 0.1) is 0 Å². The molecule has 106 valence electrons. The van der Waals surface area contributed by atoms with E-state index in [9.17, 15) is 18.0 Å². The van der Waals surface area contributed by atoms with Crippen LogP contribution < -0.4 is 4.74 Å². The van der Waals surface area contributed by atoms with Crippen molar-refractivity contribution in [3.63, 3.8) is 0 Å². The van der Waals surface area contributed by atoms with Gasteiger partial charge in [-0.1, -0.05) is 12.1 Å². The number of alkyl halides is 3. The molecule has 0 unspecified atom stereocenters. The predicted octanol–water partition coefficient (Wildman–Crippen LogP) is 3.34. The van der Waals surface area contributed by atoms with E-state index in [1.54, 1.807) is 24.3 Å². The van der Waals surface area contributed by atoms with E-state index in [0.717, 1.165) is 0 Å². The average Bonchev–Trinajstić information content (AvgIpc) is 2.36. The van der Waals surface area contributed by atoms with E-state index in [1.807, 2.05) is 0 Å². The van der Waals surface area contributed by atoms with E-state index in [4.69, 9.17) is 9.29 Å². The third-order valence-electron chi connectivity index (χ3n) is 2.32. The number of carbonyl (C=O) groups excluding carboxylic acids is 1. The molecule has 0 aliphatic carbocycles. The monoisotopic (exact) mass is 294 g/mol. The summed E-state index contributed by atoms with van der Waals surface area (Å²) >= 11 is 0.669. The van der Waals surface area contributed by atoms with Crippen molar-refractivity contribution in [1.29, 1.82) is 0 Å². The summed E-state index contributed by atoms with van der Waals surface area (Å²) in [6.45, 7) is 0.340. The lowest BCUT2D eigenvalue weighted by molar-refractivity contribution is -0.171. The molecule has 3 nitrogen and oxygen atoms in total. The summed E-state index contributed by atoms with van der Waals surface area (Å²) in [7, 11) is 0. The van der Waals surface area contributed by atoms with Crippen LogP contribution in [0.15, 0.2) is 24.3 Å². The highest BCUT2D eigenvalue weighted by Gasteiger charge is 2.37. The third-order valence-corrected chi connectivity index (χ3v) is 2.67. The number of halogens is 3. The molecule has 1 rings (SSSR count). The molecule has 0 saturated carbocycles. The second-order valence-electron chi connectivity index (χ2n) is 3.75. The van der Waals surface area contributed by atoms with Gasteiger partial charge in [0.15, 0.2) is 0 Å². The van der Waals surface area contributed by atoms with Crippen molar-refractivity contribution in [3.05, 3.63) is 29.8 Å². The Morgan fingerprint density at radius 2 is 1.89 bits per heavy atom. The molecular weight excluding hydrogens is 281 g/mol. The SMILES string of the molecule is O=C(CCc1ccc(OCCSO)cc1)C(F)(F)F. The van der Waals surface area contributed by atoms with Crippen LogP contribution in [0.3, 0.4) is 0 Å². The third kappa shape index (κ3) is 5.98. The van der Waals surface area contributed by atoms with Gasteiger partial charge in [-0.25, -0.2) is 0 Å². The lowest BCUT2D eigenvalue weighted by atomic mass is 10.1. The number of hydrogen-bond donors (Lipinski definition) is 1. The number of aryl methyl sites for hydroxylation is 1. The molecule has 0 aliphatic heterocycles.